The predicted molar refractivity (Wildman–Crippen MR) is 91.3 cm³/mol. The van der Waals surface area contributed by atoms with Crippen molar-refractivity contribution in [2.75, 3.05) is 0 Å². The molecular weight excluding hydrogens is 386 g/mol. The first-order valence-corrected chi connectivity index (χ1v) is 7.14. The van der Waals surface area contributed by atoms with Crippen LogP contribution < -0.4 is 91.2 Å². The third-order valence-corrected chi connectivity index (χ3v) is 2.09. The van der Waals surface area contributed by atoms with Crippen LogP contribution in [0.4, 0.5) is 0 Å². The molecule has 1 rings (SSSR count). The van der Waals surface area contributed by atoms with E-state index in [2.05, 4.69) is 0 Å². The van der Waals surface area contributed by atoms with Crippen LogP contribution in [0, 0.1) is 0 Å². The number of carbonyl (C=O) groups is 3. The quantitative estimate of drug-likeness (QED) is 0.298. The van der Waals surface area contributed by atoms with E-state index in [1.165, 1.54) is 24.3 Å². The molecule has 0 fully saturated rings. The molecule has 0 saturated carbocycles. The number of aliphatic carboxylic acids is 2. The summed E-state index contributed by atoms with van der Waals surface area (Å²) in [7, 11) is 0. The monoisotopic (exact) mass is 406 g/mol. The molecular formula is C19H20KNaO6. The molecule has 134 valence electrons. The van der Waals surface area contributed by atoms with Crippen molar-refractivity contribution in [2.45, 2.75) is 13.8 Å². The second-order valence-corrected chi connectivity index (χ2v) is 4.08. The Kier molecular flexibility index (Phi) is 31.6. The Balaban J connectivity index is -0.000000142. The van der Waals surface area contributed by atoms with Crippen LogP contribution in [0.2, 0.25) is 0 Å². The zero-order valence-electron chi connectivity index (χ0n) is 16.0. The van der Waals surface area contributed by atoms with Gasteiger partial charge in [-0.25, -0.2) is 4.79 Å². The fourth-order valence-corrected chi connectivity index (χ4v) is 1.07. The molecule has 8 heteroatoms. The minimum atomic E-state index is -1.16. The van der Waals surface area contributed by atoms with E-state index in [-0.39, 0.29) is 86.5 Å². The molecule has 0 heterocycles. The molecule has 1 aromatic carbocycles. The molecule has 1 aromatic rings. The molecule has 27 heavy (non-hydrogen) atoms. The second kappa shape index (κ2) is 25.2. The van der Waals surface area contributed by atoms with Crippen LogP contribution in [0.1, 0.15) is 24.2 Å². The summed E-state index contributed by atoms with van der Waals surface area (Å²) in [5, 5.41) is 27.8. The number of hydrogen-bond acceptors (Lipinski definition) is 5. The van der Waals surface area contributed by atoms with Gasteiger partial charge in [0.1, 0.15) is 0 Å². The number of carboxylic acid groups (broad SMARTS) is 3. The summed E-state index contributed by atoms with van der Waals surface area (Å²) < 4.78 is 0. The number of allylic oxidation sites excluding steroid dienone is 6. The number of carbonyl (C=O) groups excluding carboxylic acids is 2. The molecule has 0 saturated heterocycles. The van der Waals surface area contributed by atoms with E-state index in [1.807, 2.05) is 6.92 Å². The van der Waals surface area contributed by atoms with Crippen molar-refractivity contribution < 1.29 is 111 Å². The van der Waals surface area contributed by atoms with Gasteiger partial charge in [-0.2, -0.15) is 0 Å². The Hall–Kier alpha value is -0.774. The molecule has 0 atom stereocenters. The van der Waals surface area contributed by atoms with Gasteiger partial charge in [-0.1, -0.05) is 66.8 Å². The Morgan fingerprint density at radius 2 is 1.30 bits per heavy atom. The molecule has 0 aliphatic heterocycles. The Labute approximate surface area is 224 Å². The average molecular weight is 406 g/mol. The van der Waals surface area contributed by atoms with Crippen LogP contribution in [-0.2, 0) is 9.59 Å². The zero-order valence-corrected chi connectivity index (χ0v) is 21.1. The second-order valence-electron chi connectivity index (χ2n) is 4.08. The number of aromatic carboxylic acids is 1. The van der Waals surface area contributed by atoms with E-state index in [9.17, 15) is 24.6 Å². The van der Waals surface area contributed by atoms with Crippen molar-refractivity contribution in [3.63, 3.8) is 0 Å². The topological polar surface area (TPSA) is 118 Å². The minimum absolute atomic E-state index is 0. The van der Waals surface area contributed by atoms with Crippen LogP contribution in [-0.4, -0.2) is 23.0 Å². The number of hydrogen-bond donors (Lipinski definition) is 1. The van der Waals surface area contributed by atoms with Crippen LogP contribution in [0.15, 0.2) is 78.9 Å². The smallest absolute Gasteiger partial charge is 0.545 e. The SMILES string of the molecule is C/C=C/C=C/C(=O)O.C/C=C/C=C/C(=O)[O-].O=C([O-])c1ccccc1.[K+].[Na+]. The van der Waals surface area contributed by atoms with Gasteiger partial charge in [0, 0.05) is 6.08 Å². The van der Waals surface area contributed by atoms with Gasteiger partial charge in [0.05, 0.1) is 11.9 Å². The summed E-state index contributed by atoms with van der Waals surface area (Å²) in [6.07, 6.45) is 11.7. The van der Waals surface area contributed by atoms with Gasteiger partial charge >= 0.3 is 86.9 Å². The van der Waals surface area contributed by atoms with Gasteiger partial charge < -0.3 is 24.9 Å². The van der Waals surface area contributed by atoms with Crippen molar-refractivity contribution in [1.82, 2.24) is 0 Å². The van der Waals surface area contributed by atoms with E-state index in [1.54, 1.807) is 49.4 Å². The molecule has 0 aliphatic rings. The van der Waals surface area contributed by atoms with E-state index in [0.717, 1.165) is 12.2 Å². The predicted octanol–water partition coefficient (Wildman–Crippen LogP) is -4.87. The maximum absolute atomic E-state index is 10.1. The van der Waals surface area contributed by atoms with Crippen molar-refractivity contribution in [2.24, 2.45) is 0 Å². The third kappa shape index (κ3) is 30.2. The first-order chi connectivity index (χ1) is 11.8. The normalized spacial score (nSPS) is 9.56. The fraction of sp³-hybridized carbons (Fsp3) is 0.105. The maximum atomic E-state index is 10.1. The molecule has 0 aliphatic carbocycles. The summed E-state index contributed by atoms with van der Waals surface area (Å²) in [5.74, 6) is -3.21. The fourth-order valence-electron chi connectivity index (χ4n) is 1.07. The molecule has 0 aromatic heterocycles. The van der Waals surface area contributed by atoms with Gasteiger partial charge in [0.25, 0.3) is 0 Å². The van der Waals surface area contributed by atoms with E-state index in [4.69, 9.17) is 5.11 Å². The molecule has 0 spiro atoms. The van der Waals surface area contributed by atoms with Crippen LogP contribution in [0.5, 0.6) is 0 Å². The molecule has 6 nitrogen and oxygen atoms in total. The number of carboxylic acids is 3. The Morgan fingerprint density at radius 3 is 1.59 bits per heavy atom. The van der Waals surface area contributed by atoms with Crippen molar-refractivity contribution in [3.8, 4) is 0 Å². The maximum Gasteiger partial charge on any atom is 1.00 e. The van der Waals surface area contributed by atoms with Gasteiger partial charge in [-0.05, 0) is 25.5 Å². The van der Waals surface area contributed by atoms with Gasteiger partial charge in [-0.3, -0.25) is 0 Å². The average Bonchev–Trinajstić information content (AvgIpc) is 2.57. The van der Waals surface area contributed by atoms with Crippen LogP contribution >= 0.6 is 0 Å². The third-order valence-electron chi connectivity index (χ3n) is 2.09. The van der Waals surface area contributed by atoms with Crippen LogP contribution in [0.25, 0.3) is 0 Å². The largest absolute Gasteiger partial charge is 1.00 e. The summed E-state index contributed by atoms with van der Waals surface area (Å²) in [6.45, 7) is 3.63. The summed E-state index contributed by atoms with van der Waals surface area (Å²) >= 11 is 0. The minimum Gasteiger partial charge on any atom is -0.545 e. The summed E-state index contributed by atoms with van der Waals surface area (Å²) in [6, 6.07) is 8.06. The molecule has 0 bridgehead atoms. The van der Waals surface area contributed by atoms with E-state index >= 15 is 0 Å². The standard InChI is InChI=1S/C7H6O2.2C6H8O2.K.Na/c8-7(9)6-4-2-1-3-5-6;2*1-2-3-4-5-6(7)8;;/h1-5H,(H,8,9);2*2-5H,1H3,(H,7,8);;/q;;;2*+1/p-2/b;2*3-2+,5-4+;;. The Bertz CT molecular complexity index is 605. The van der Waals surface area contributed by atoms with E-state index in [0.29, 0.717) is 0 Å². The summed E-state index contributed by atoms with van der Waals surface area (Å²) in [5.41, 5.74) is 0.220. The number of benzene rings is 1. The zero-order chi connectivity index (χ0) is 19.5. The van der Waals surface area contributed by atoms with E-state index < -0.39 is 17.9 Å². The first-order valence-electron chi connectivity index (χ1n) is 7.14. The van der Waals surface area contributed by atoms with Crippen molar-refractivity contribution in [3.05, 3.63) is 84.5 Å². The summed E-state index contributed by atoms with van der Waals surface area (Å²) in [4.78, 5) is 29.5. The van der Waals surface area contributed by atoms with Crippen molar-refractivity contribution in [1.29, 1.82) is 0 Å². The number of rotatable bonds is 5. The van der Waals surface area contributed by atoms with Crippen molar-refractivity contribution >= 4 is 17.9 Å². The van der Waals surface area contributed by atoms with Gasteiger partial charge in [-0.15, -0.1) is 0 Å². The molecule has 0 unspecified atom stereocenters. The molecule has 1 N–H and O–H groups in total. The molecule has 0 radical (unpaired) electrons. The molecule has 0 amide bonds. The van der Waals surface area contributed by atoms with Gasteiger partial charge in [0.15, 0.2) is 0 Å². The first kappa shape index (κ1) is 33.8. The van der Waals surface area contributed by atoms with Crippen LogP contribution in [0.3, 0.4) is 0 Å². The van der Waals surface area contributed by atoms with Gasteiger partial charge in [0.2, 0.25) is 0 Å². The Morgan fingerprint density at radius 1 is 0.852 bits per heavy atom.